The van der Waals surface area contributed by atoms with Gasteiger partial charge < -0.3 is 34.6 Å². The Balaban J connectivity index is 0.630. The summed E-state index contributed by atoms with van der Waals surface area (Å²) in [5, 5.41) is 17.3. The van der Waals surface area contributed by atoms with Gasteiger partial charge in [0.1, 0.15) is 16.6 Å². The van der Waals surface area contributed by atoms with Crippen molar-refractivity contribution < 1.29 is 73.0 Å². The molecule has 4 aliphatic rings. The molecule has 4 N–H and O–H groups in total. The molecule has 1 aromatic heterocycles. The van der Waals surface area contributed by atoms with Crippen LogP contribution < -0.4 is 25.6 Å². The van der Waals surface area contributed by atoms with Crippen LogP contribution in [-0.2, 0) is 61.6 Å². The maximum absolute atomic E-state index is 14.5. The average molecular weight is 1520 g/mol. The second kappa shape index (κ2) is 35.7. The Morgan fingerprint density at radius 3 is 2.24 bits per heavy atom. The molecule has 1 aliphatic carbocycles. The number of nitrogens with one attached hydrogen (secondary N) is 4. The number of benzene rings is 5. The predicted octanol–water partition coefficient (Wildman–Crippen LogP) is 10.3. The summed E-state index contributed by atoms with van der Waals surface area (Å²) in [5.74, 6) is -3.34. The van der Waals surface area contributed by atoms with Crippen LogP contribution in [0.4, 0.5) is 30.2 Å². The number of amides is 6. The van der Waals surface area contributed by atoms with Crippen molar-refractivity contribution >= 4 is 101 Å². The molecule has 104 heavy (non-hydrogen) atoms. The van der Waals surface area contributed by atoms with Crippen molar-refractivity contribution in [1.29, 1.82) is 0 Å². The van der Waals surface area contributed by atoms with Gasteiger partial charge in [-0.15, -0.1) is 16.9 Å². The first-order valence-electron chi connectivity index (χ1n) is 34.7. The number of sulfone groups is 1. The number of alkyl halides is 3. The number of carbonyl (C=O) groups excluding carboxylic acids is 6. The highest BCUT2D eigenvalue weighted by atomic mass is 35.5. The Labute approximate surface area is 613 Å². The standard InChI is InChI=1S/C73H87ClF3N11O13S3/c1-72(2)31-29-59(50-17-21-53(74)22-18-50)52(45-72)46-85-35-37-86(38-36-85)56-23-19-51(20-24-56)68(91)82-104(97,98)58-25-26-61(64(44-58)103(95,96)73(75,76)77)79-54(49-102-57-12-7-6-8-13-57)30-34-84(3)66(90)16-9-4-5-10-33-87-47-55(81-83-87)48-101-43-42-100-41-40-99-39-32-78-62-15-11-14-60-67(62)71(94)88(70(60)93)63-27-28-65(89)80-69(63)92/h6-8,11-15,17-26,44,47,54,63,78-79H,4-5,9-10,16,27-43,45-46,48-49H2,1-3H3,(H,82,91)(H,80,89,92)/t54-,63-/m1/s1. The zero-order chi connectivity index (χ0) is 74.2. The summed E-state index contributed by atoms with van der Waals surface area (Å²) >= 11 is 7.57. The van der Waals surface area contributed by atoms with Crippen molar-refractivity contribution in [2.75, 3.05) is 107 Å². The SMILES string of the molecule is CN(CC[C@H](CSc1ccccc1)Nc1ccc(S(=O)(=O)NC(=O)c2ccc(N3CCN(CC4=C(c5ccc(Cl)cc5)CCC(C)(C)C4)CC3)cc2)cc1S(=O)(=O)C(F)(F)F)C(=O)CCCCCCn1cc(COCCOCCOCCNc2cccc3c2C(=O)N([C@@H]2CCC(=O)NC2=O)C3=O)nn1. The van der Waals surface area contributed by atoms with Crippen molar-refractivity contribution in [3.05, 3.63) is 160 Å². The van der Waals surface area contributed by atoms with Crippen molar-refractivity contribution in [2.24, 2.45) is 5.41 Å². The number of nitrogens with zero attached hydrogens (tertiary/aromatic N) is 7. The summed E-state index contributed by atoms with van der Waals surface area (Å²) in [6.45, 7) is 11.2. The molecule has 0 spiro atoms. The third-order valence-corrected chi connectivity index (χ3v) is 22.9. The predicted molar refractivity (Wildman–Crippen MR) is 388 cm³/mol. The number of carbonyl (C=O) groups is 6. The summed E-state index contributed by atoms with van der Waals surface area (Å²) in [5.41, 5.74) is 0.00736. The van der Waals surface area contributed by atoms with Crippen molar-refractivity contribution in [2.45, 2.75) is 130 Å². The number of rotatable bonds is 36. The molecule has 2 atom stereocenters. The summed E-state index contributed by atoms with van der Waals surface area (Å²) in [7, 11) is -9.53. The molecular weight excluding hydrogens is 1430 g/mol. The van der Waals surface area contributed by atoms with Gasteiger partial charge >= 0.3 is 5.51 Å². The molecule has 0 unspecified atom stereocenters. The second-order valence-corrected chi connectivity index (χ2v) is 32.0. The Kier molecular flexibility index (Phi) is 26.9. The van der Waals surface area contributed by atoms with Gasteiger partial charge in [-0.1, -0.05) is 85.5 Å². The van der Waals surface area contributed by atoms with Gasteiger partial charge in [0.15, 0.2) is 0 Å². The fourth-order valence-electron chi connectivity index (χ4n) is 12.9. The largest absolute Gasteiger partial charge is 0.501 e. The van der Waals surface area contributed by atoms with Gasteiger partial charge in [0, 0.05) is 111 Å². The lowest BCUT2D eigenvalue weighted by atomic mass is 9.73. The van der Waals surface area contributed by atoms with Gasteiger partial charge in [-0.05, 0) is 140 Å². The lowest BCUT2D eigenvalue weighted by molar-refractivity contribution is -0.136. The van der Waals surface area contributed by atoms with Crippen molar-refractivity contribution in [1.82, 2.24) is 39.7 Å². The summed E-state index contributed by atoms with van der Waals surface area (Å²) in [4.78, 5) is 83.1. The minimum Gasteiger partial charge on any atom is -0.382 e. The Bertz CT molecular complexity index is 4300. The number of allylic oxidation sites excluding steroid dienone is 1. The third kappa shape index (κ3) is 20.8. The number of thioether (sulfide) groups is 1. The molecule has 31 heteroatoms. The number of anilines is 3. The van der Waals surface area contributed by atoms with Gasteiger partial charge in [0.25, 0.3) is 37.6 Å². The number of hydrogen-bond acceptors (Lipinski definition) is 20. The lowest BCUT2D eigenvalue weighted by Gasteiger charge is -2.39. The zero-order valence-electron chi connectivity index (χ0n) is 58.3. The number of piperazine rings is 1. The van der Waals surface area contributed by atoms with Crippen LogP contribution in [0.1, 0.15) is 127 Å². The summed E-state index contributed by atoms with van der Waals surface area (Å²) in [6.07, 6.45) is 8.24. The van der Waals surface area contributed by atoms with Crippen LogP contribution in [0.5, 0.6) is 0 Å². The van der Waals surface area contributed by atoms with Crippen LogP contribution in [0.15, 0.2) is 142 Å². The van der Waals surface area contributed by atoms with E-state index in [1.165, 1.54) is 51.6 Å². The van der Waals surface area contributed by atoms with Crippen molar-refractivity contribution in [3.8, 4) is 0 Å². The summed E-state index contributed by atoms with van der Waals surface area (Å²) < 4.78 is 118. The van der Waals surface area contributed by atoms with Gasteiger partial charge in [0.05, 0.1) is 67.5 Å². The molecule has 2 saturated heterocycles. The molecule has 558 valence electrons. The van der Waals surface area contributed by atoms with E-state index in [0.717, 1.165) is 85.8 Å². The number of unbranched alkanes of at least 4 members (excludes halogenated alkanes) is 3. The minimum absolute atomic E-state index is 0.0282. The maximum Gasteiger partial charge on any atom is 0.501 e. The normalized spacial score (nSPS) is 16.9. The van der Waals surface area contributed by atoms with Gasteiger partial charge in [0.2, 0.25) is 17.7 Å². The first-order chi connectivity index (χ1) is 49.7. The van der Waals surface area contributed by atoms with Crippen LogP contribution in [-0.4, -0.2) is 191 Å². The van der Waals surface area contributed by atoms with E-state index < -0.39 is 82.5 Å². The van der Waals surface area contributed by atoms with E-state index in [1.807, 2.05) is 47.2 Å². The highest BCUT2D eigenvalue weighted by Gasteiger charge is 2.49. The third-order valence-electron chi connectivity index (χ3n) is 18.7. The highest BCUT2D eigenvalue weighted by molar-refractivity contribution is 7.99. The van der Waals surface area contributed by atoms with Crippen LogP contribution in [0.25, 0.3) is 5.57 Å². The van der Waals surface area contributed by atoms with Crippen LogP contribution in [0, 0.1) is 5.41 Å². The number of ether oxygens (including phenoxy) is 3. The Hall–Kier alpha value is -8.23. The topological polar surface area (TPSA) is 290 Å². The molecule has 10 rings (SSSR count). The number of fused-ring (bicyclic) bond motifs is 1. The fraction of sp³-hybridized carbons (Fsp3) is 0.452. The van der Waals surface area contributed by atoms with E-state index >= 15 is 0 Å². The Morgan fingerprint density at radius 2 is 1.52 bits per heavy atom. The van der Waals surface area contributed by atoms with Crippen LogP contribution in [0.3, 0.4) is 0 Å². The van der Waals surface area contributed by atoms with E-state index in [2.05, 4.69) is 62.0 Å². The van der Waals surface area contributed by atoms with E-state index in [-0.39, 0.29) is 79.2 Å². The average Bonchev–Trinajstić information content (AvgIpc) is 1.55. The number of aryl methyl sites for hydroxylation is 1. The number of aromatic nitrogens is 3. The molecule has 4 heterocycles. The van der Waals surface area contributed by atoms with Crippen molar-refractivity contribution in [3.63, 3.8) is 0 Å². The molecule has 0 saturated carbocycles. The molecule has 3 aliphatic heterocycles. The lowest BCUT2D eigenvalue weighted by Crippen LogP contribution is -2.54. The number of hydrogen-bond donors (Lipinski definition) is 4. The first kappa shape index (κ1) is 78.4. The smallest absolute Gasteiger partial charge is 0.382 e. The van der Waals surface area contributed by atoms with Crippen LogP contribution in [0.2, 0.25) is 5.02 Å². The molecule has 24 nitrogen and oxygen atoms in total. The second-order valence-electron chi connectivity index (χ2n) is 26.9. The van der Waals surface area contributed by atoms with E-state index in [9.17, 15) is 58.8 Å². The quantitative estimate of drug-likeness (QED) is 0.0161. The number of imide groups is 2. The number of piperidine rings is 1. The van der Waals surface area contributed by atoms with E-state index in [4.69, 9.17) is 25.8 Å². The van der Waals surface area contributed by atoms with Gasteiger partial charge in [-0.25, -0.2) is 21.6 Å². The molecule has 6 aromatic rings. The van der Waals surface area contributed by atoms with Gasteiger partial charge in [-0.3, -0.25) is 48.6 Å². The Morgan fingerprint density at radius 1 is 0.808 bits per heavy atom. The fourth-order valence-corrected chi connectivity index (χ4v) is 16.1. The molecule has 5 aromatic carbocycles. The maximum atomic E-state index is 14.5. The van der Waals surface area contributed by atoms with E-state index in [0.29, 0.717) is 81.5 Å². The van der Waals surface area contributed by atoms with Gasteiger partial charge in [-0.2, -0.15) is 13.2 Å². The monoisotopic (exact) mass is 1510 g/mol. The molecule has 0 bridgehead atoms. The zero-order valence-corrected chi connectivity index (χ0v) is 61.5. The first-order valence-corrected chi connectivity index (χ1v) is 39.0. The number of halogens is 4. The highest BCUT2D eigenvalue weighted by Crippen LogP contribution is 2.43. The van der Waals surface area contributed by atoms with E-state index in [1.54, 1.807) is 42.2 Å². The molecular formula is C73H87ClF3N11O13S3. The number of sulfonamides is 1. The minimum atomic E-state index is -6.19. The molecule has 2 fully saturated rings. The summed E-state index contributed by atoms with van der Waals surface area (Å²) in [6, 6.07) is 28.8. The molecule has 0 radical (unpaired) electrons. The molecule has 6 amide bonds. The van der Waals surface area contributed by atoms with Crippen LogP contribution >= 0.6 is 23.4 Å².